The first-order chi connectivity index (χ1) is 10.2. The molecule has 0 saturated heterocycles. The number of nitrogens with one attached hydrogen (secondary N) is 1. The molecule has 8 nitrogen and oxygen atoms in total. The Hall–Kier alpha value is -2.35. The molecule has 1 atom stereocenters. The molecule has 1 unspecified atom stereocenters. The third-order valence-corrected chi connectivity index (χ3v) is 2.76. The molecule has 114 valence electrons. The predicted octanol–water partition coefficient (Wildman–Crippen LogP) is 0.896. The summed E-state index contributed by atoms with van der Waals surface area (Å²) in [6, 6.07) is -0.822. The summed E-state index contributed by atoms with van der Waals surface area (Å²) in [5.41, 5.74) is 6.44. The summed E-state index contributed by atoms with van der Waals surface area (Å²) in [5, 5.41) is 3.86. The van der Waals surface area contributed by atoms with Crippen LogP contribution in [0, 0.1) is 0 Å². The summed E-state index contributed by atoms with van der Waals surface area (Å²) in [7, 11) is 0. The minimum atomic E-state index is -0.822. The van der Waals surface area contributed by atoms with Crippen LogP contribution < -0.4 is 10.5 Å². The molecule has 2 aromatic heterocycles. The molecule has 0 spiro atoms. The van der Waals surface area contributed by atoms with Crippen LogP contribution in [-0.2, 0) is 16.0 Å². The molecule has 0 saturated carbocycles. The number of hydrogen-bond acceptors (Lipinski definition) is 7. The Balaban J connectivity index is 2.27. The number of hydrogen-bond donors (Lipinski definition) is 2. The third-order valence-electron chi connectivity index (χ3n) is 2.76. The fourth-order valence-electron chi connectivity index (χ4n) is 1.85. The molecular weight excluding hydrogens is 276 g/mol. The monoisotopic (exact) mass is 294 g/mol. The highest BCUT2D eigenvalue weighted by molar-refractivity contribution is 5.76. The summed E-state index contributed by atoms with van der Waals surface area (Å²) in [5.74, 6) is 0.734. The minimum Gasteiger partial charge on any atom is -0.476 e. The van der Waals surface area contributed by atoms with Crippen LogP contribution >= 0.6 is 0 Å². The first-order valence-corrected chi connectivity index (χ1v) is 6.70. The smallest absolute Gasteiger partial charge is 0.323 e. The molecule has 0 bridgehead atoms. The Morgan fingerprint density at radius 3 is 2.90 bits per heavy atom. The zero-order valence-corrected chi connectivity index (χ0v) is 12.0. The first kappa shape index (κ1) is 15.0. The van der Waals surface area contributed by atoms with Gasteiger partial charge in [-0.2, -0.15) is 0 Å². The van der Waals surface area contributed by atoms with Gasteiger partial charge in [-0.15, -0.1) is 0 Å². The molecule has 3 N–H and O–H groups in total. The number of imidazole rings is 1. The van der Waals surface area contributed by atoms with Crippen LogP contribution in [0.5, 0.6) is 5.88 Å². The standard InChI is InChI=1S/C13H18N4O4/c1-3-19-12-8(7-9(14)13(18)20-4-2)10(21-17-12)11-15-5-6-16-11/h5-6,9H,3-4,7,14H2,1-2H3,(H,15,16). The number of nitrogens with zero attached hydrogens (tertiary/aromatic N) is 2. The second kappa shape index (κ2) is 6.89. The van der Waals surface area contributed by atoms with Gasteiger partial charge in [-0.25, -0.2) is 4.98 Å². The average Bonchev–Trinajstić information content (AvgIpc) is 3.10. The van der Waals surface area contributed by atoms with Crippen molar-refractivity contribution in [3.63, 3.8) is 0 Å². The number of carbonyl (C=O) groups excluding carboxylic acids is 1. The van der Waals surface area contributed by atoms with Gasteiger partial charge in [0, 0.05) is 18.8 Å². The molecule has 0 aliphatic rings. The summed E-state index contributed by atoms with van der Waals surface area (Å²) >= 11 is 0. The fraction of sp³-hybridized carbons (Fsp3) is 0.462. The number of aromatic nitrogens is 3. The number of esters is 1. The van der Waals surface area contributed by atoms with Crippen LogP contribution in [-0.4, -0.2) is 40.3 Å². The van der Waals surface area contributed by atoms with E-state index in [0.29, 0.717) is 29.6 Å². The Morgan fingerprint density at radius 1 is 1.48 bits per heavy atom. The molecule has 8 heteroatoms. The largest absolute Gasteiger partial charge is 0.476 e. The van der Waals surface area contributed by atoms with Crippen molar-refractivity contribution in [2.24, 2.45) is 5.73 Å². The number of aromatic amines is 1. The van der Waals surface area contributed by atoms with E-state index in [4.69, 9.17) is 19.7 Å². The predicted molar refractivity (Wildman–Crippen MR) is 73.6 cm³/mol. The Morgan fingerprint density at radius 2 is 2.29 bits per heavy atom. The molecular formula is C13H18N4O4. The third kappa shape index (κ3) is 3.40. The highest BCUT2D eigenvalue weighted by atomic mass is 16.5. The molecule has 2 rings (SSSR count). The van der Waals surface area contributed by atoms with E-state index in [0.717, 1.165) is 0 Å². The van der Waals surface area contributed by atoms with E-state index >= 15 is 0 Å². The van der Waals surface area contributed by atoms with Crippen molar-refractivity contribution in [2.45, 2.75) is 26.3 Å². The lowest BCUT2D eigenvalue weighted by Gasteiger charge is -2.10. The Kier molecular flexibility index (Phi) is 4.94. The van der Waals surface area contributed by atoms with Crippen LogP contribution in [0.25, 0.3) is 11.6 Å². The zero-order valence-electron chi connectivity index (χ0n) is 12.0. The van der Waals surface area contributed by atoms with Crippen LogP contribution in [0.4, 0.5) is 0 Å². The molecule has 0 amide bonds. The lowest BCUT2D eigenvalue weighted by Crippen LogP contribution is -2.34. The highest BCUT2D eigenvalue weighted by Gasteiger charge is 2.25. The van der Waals surface area contributed by atoms with Gasteiger partial charge in [0.25, 0.3) is 5.88 Å². The second-order valence-electron chi connectivity index (χ2n) is 4.23. The molecule has 0 radical (unpaired) electrons. The van der Waals surface area contributed by atoms with Crippen molar-refractivity contribution in [1.29, 1.82) is 0 Å². The van der Waals surface area contributed by atoms with Crippen molar-refractivity contribution in [1.82, 2.24) is 15.1 Å². The maximum Gasteiger partial charge on any atom is 0.323 e. The quantitative estimate of drug-likeness (QED) is 0.728. The Bertz CT molecular complexity index is 579. The van der Waals surface area contributed by atoms with Crippen molar-refractivity contribution in [3.05, 3.63) is 18.0 Å². The number of H-pyrrole nitrogens is 1. The molecule has 0 aliphatic heterocycles. The maximum absolute atomic E-state index is 11.7. The minimum absolute atomic E-state index is 0.188. The van der Waals surface area contributed by atoms with Crippen molar-refractivity contribution in [3.8, 4) is 17.5 Å². The lowest BCUT2D eigenvalue weighted by molar-refractivity contribution is -0.144. The molecule has 2 heterocycles. The number of ether oxygens (including phenoxy) is 2. The summed E-state index contributed by atoms with van der Waals surface area (Å²) < 4.78 is 15.6. The molecule has 2 aromatic rings. The number of rotatable bonds is 7. The van der Waals surface area contributed by atoms with Crippen molar-refractivity contribution in [2.75, 3.05) is 13.2 Å². The van der Waals surface area contributed by atoms with E-state index in [1.807, 2.05) is 6.92 Å². The van der Waals surface area contributed by atoms with Gasteiger partial charge in [-0.3, -0.25) is 4.79 Å². The van der Waals surface area contributed by atoms with E-state index in [1.165, 1.54) is 0 Å². The molecule has 21 heavy (non-hydrogen) atoms. The van der Waals surface area contributed by atoms with E-state index in [-0.39, 0.29) is 13.0 Å². The van der Waals surface area contributed by atoms with Gasteiger partial charge in [0.2, 0.25) is 5.76 Å². The van der Waals surface area contributed by atoms with Crippen molar-refractivity contribution < 1.29 is 18.8 Å². The Labute approximate surface area is 121 Å². The van der Waals surface area contributed by atoms with E-state index in [2.05, 4.69) is 15.1 Å². The average molecular weight is 294 g/mol. The first-order valence-electron chi connectivity index (χ1n) is 6.70. The van der Waals surface area contributed by atoms with Crippen LogP contribution in [0.2, 0.25) is 0 Å². The van der Waals surface area contributed by atoms with Gasteiger partial charge in [-0.1, -0.05) is 0 Å². The molecule has 0 aromatic carbocycles. The van der Waals surface area contributed by atoms with E-state index in [1.54, 1.807) is 19.3 Å². The highest BCUT2D eigenvalue weighted by Crippen LogP contribution is 2.29. The fourth-order valence-corrected chi connectivity index (χ4v) is 1.85. The van der Waals surface area contributed by atoms with Gasteiger partial charge >= 0.3 is 5.97 Å². The van der Waals surface area contributed by atoms with Gasteiger partial charge in [0.15, 0.2) is 5.82 Å². The second-order valence-corrected chi connectivity index (χ2v) is 4.23. The van der Waals surface area contributed by atoms with Crippen LogP contribution in [0.1, 0.15) is 19.4 Å². The summed E-state index contributed by atoms with van der Waals surface area (Å²) in [6.07, 6.45) is 3.44. The van der Waals surface area contributed by atoms with E-state index < -0.39 is 12.0 Å². The zero-order chi connectivity index (χ0) is 15.2. The van der Waals surface area contributed by atoms with E-state index in [9.17, 15) is 4.79 Å². The van der Waals surface area contributed by atoms with Crippen LogP contribution in [0.3, 0.4) is 0 Å². The molecule has 0 fully saturated rings. The topological polar surface area (TPSA) is 116 Å². The SMILES string of the molecule is CCOC(=O)C(N)Cc1c(OCC)noc1-c1ncc[nH]1. The molecule has 0 aliphatic carbocycles. The number of nitrogens with two attached hydrogens (primary N) is 1. The summed E-state index contributed by atoms with van der Waals surface area (Å²) in [4.78, 5) is 18.7. The maximum atomic E-state index is 11.7. The van der Waals surface area contributed by atoms with Crippen molar-refractivity contribution >= 4 is 5.97 Å². The summed E-state index contributed by atoms with van der Waals surface area (Å²) in [6.45, 7) is 4.26. The number of carbonyl (C=O) groups is 1. The normalized spacial score (nSPS) is 12.1. The van der Waals surface area contributed by atoms with Crippen LogP contribution in [0.15, 0.2) is 16.9 Å². The van der Waals surface area contributed by atoms with Gasteiger partial charge in [0.05, 0.1) is 18.8 Å². The van der Waals surface area contributed by atoms with Gasteiger partial charge < -0.3 is 24.7 Å². The lowest BCUT2D eigenvalue weighted by atomic mass is 10.1. The van der Waals surface area contributed by atoms with Gasteiger partial charge in [0.1, 0.15) is 6.04 Å². The van der Waals surface area contributed by atoms with Gasteiger partial charge in [-0.05, 0) is 19.0 Å².